The quantitative estimate of drug-likeness (QED) is 0.255. The number of carboxylic acids is 1. The minimum absolute atomic E-state index is 0.0120. The monoisotopic (exact) mass is 457 g/mol. The van der Waals surface area contributed by atoms with Gasteiger partial charge in [0.25, 0.3) is 0 Å². The number of nitrogens with two attached hydrogens (primary N) is 2. The summed E-state index contributed by atoms with van der Waals surface area (Å²) in [5, 5.41) is 9.51. The smallest absolute Gasteiger partial charge is 0.346 e. The molecule has 1 aliphatic rings. The second-order valence-corrected chi connectivity index (χ2v) is 8.68. The van der Waals surface area contributed by atoms with E-state index in [0.29, 0.717) is 12.8 Å². The molecule has 3 atom stereocenters. The molecule has 11 nitrogen and oxygen atoms in total. The summed E-state index contributed by atoms with van der Waals surface area (Å²) in [5.74, 6) is -4.71. The number of carbonyl (C=O) groups excluding carboxylic acids is 4. The lowest BCUT2D eigenvalue weighted by molar-refractivity contribution is -0.170. The van der Waals surface area contributed by atoms with E-state index in [2.05, 4.69) is 0 Å². The molecule has 5 N–H and O–H groups in total. The molecule has 11 heteroatoms. The third kappa shape index (κ3) is 9.31. The van der Waals surface area contributed by atoms with E-state index in [1.54, 1.807) is 0 Å². The zero-order chi connectivity index (χ0) is 24.4. The first-order valence-corrected chi connectivity index (χ1v) is 10.8. The van der Waals surface area contributed by atoms with E-state index in [1.165, 1.54) is 11.9 Å². The average Bonchev–Trinajstić information content (AvgIpc) is 3.24. The van der Waals surface area contributed by atoms with Crippen molar-refractivity contribution in [2.45, 2.75) is 77.0 Å². The van der Waals surface area contributed by atoms with E-state index >= 15 is 0 Å². The molecule has 0 spiro atoms. The van der Waals surface area contributed by atoms with Crippen molar-refractivity contribution >= 4 is 29.8 Å². The van der Waals surface area contributed by atoms with Gasteiger partial charge in [0.2, 0.25) is 12.0 Å². The van der Waals surface area contributed by atoms with Crippen LogP contribution in [0.5, 0.6) is 0 Å². The summed E-state index contributed by atoms with van der Waals surface area (Å²) in [4.78, 5) is 60.9. The first-order valence-electron chi connectivity index (χ1n) is 10.8. The highest BCUT2D eigenvalue weighted by Crippen LogP contribution is 2.26. The molecule has 0 aromatic rings. The van der Waals surface area contributed by atoms with Gasteiger partial charge >= 0.3 is 23.9 Å². The number of likely N-dealkylation sites (N-methyl/N-ethyl adjacent to an activating group) is 1. The van der Waals surface area contributed by atoms with E-state index in [0.717, 1.165) is 12.8 Å². The summed E-state index contributed by atoms with van der Waals surface area (Å²) in [6, 6.07) is -2.16. The van der Waals surface area contributed by atoms with Crippen molar-refractivity contribution in [3.8, 4) is 0 Å². The third-order valence-corrected chi connectivity index (χ3v) is 5.38. The number of rotatable bonds is 13. The molecule has 0 saturated heterocycles. The van der Waals surface area contributed by atoms with Gasteiger partial charge in [-0.2, -0.15) is 0 Å². The minimum atomic E-state index is -1.47. The van der Waals surface area contributed by atoms with Crippen LogP contribution in [0.4, 0.5) is 0 Å². The number of ether oxygens (including phenoxy) is 2. The van der Waals surface area contributed by atoms with Crippen molar-refractivity contribution < 1.29 is 38.6 Å². The molecule has 1 rings (SSSR count). The van der Waals surface area contributed by atoms with Crippen molar-refractivity contribution in [3.63, 3.8) is 0 Å². The highest BCUT2D eigenvalue weighted by molar-refractivity contribution is 5.91. The Hall–Kier alpha value is -2.53. The van der Waals surface area contributed by atoms with Gasteiger partial charge in [-0.25, -0.2) is 14.4 Å². The maximum absolute atomic E-state index is 12.7. The molecular formula is C21H35N3O8. The molecule has 182 valence electrons. The molecule has 0 radical (unpaired) electrons. The van der Waals surface area contributed by atoms with Crippen LogP contribution in [-0.4, -0.2) is 71.6 Å². The lowest BCUT2D eigenvalue weighted by Crippen LogP contribution is -2.48. The van der Waals surface area contributed by atoms with Crippen LogP contribution in [0.15, 0.2) is 0 Å². The molecule has 1 saturated carbocycles. The Morgan fingerprint density at radius 1 is 1.09 bits per heavy atom. The standard InChI is InChI=1S/C21H35N3O8/c1-12(2)10-15(21(30)32-20(29)14(22)8-9-17(23)25)24(3)11-16(18(26)27)31-19(28)13-6-4-5-7-13/h12-16H,4-11,22H2,1-3H3,(H2,23,25)(H,26,27)/t14-,15+,16?/m0/s1. The fourth-order valence-electron chi connectivity index (χ4n) is 3.51. The van der Waals surface area contributed by atoms with Crippen LogP contribution in [0.2, 0.25) is 0 Å². The molecule has 1 fully saturated rings. The van der Waals surface area contributed by atoms with Crippen LogP contribution in [0, 0.1) is 11.8 Å². The van der Waals surface area contributed by atoms with Crippen molar-refractivity contribution in [2.75, 3.05) is 13.6 Å². The molecule has 1 unspecified atom stereocenters. The Kier molecular flexibility index (Phi) is 11.3. The fraction of sp³-hybridized carbons (Fsp3) is 0.762. The van der Waals surface area contributed by atoms with E-state index in [9.17, 15) is 29.1 Å². The lowest BCUT2D eigenvalue weighted by atomic mass is 10.0. The van der Waals surface area contributed by atoms with Gasteiger partial charge < -0.3 is 26.0 Å². The Balaban J connectivity index is 2.80. The topological polar surface area (TPSA) is 179 Å². The number of amides is 1. The summed E-state index contributed by atoms with van der Waals surface area (Å²) in [5.41, 5.74) is 10.7. The van der Waals surface area contributed by atoms with Gasteiger partial charge in [-0.15, -0.1) is 0 Å². The first kappa shape index (κ1) is 27.5. The first-order chi connectivity index (χ1) is 14.9. The largest absolute Gasteiger partial charge is 0.478 e. The predicted octanol–water partition coefficient (Wildman–Crippen LogP) is 0.182. The van der Waals surface area contributed by atoms with Crippen molar-refractivity contribution in [1.29, 1.82) is 0 Å². The zero-order valence-electron chi connectivity index (χ0n) is 19.0. The second kappa shape index (κ2) is 13.1. The molecule has 1 aliphatic carbocycles. The van der Waals surface area contributed by atoms with E-state index < -0.39 is 48.0 Å². The summed E-state index contributed by atoms with van der Waals surface area (Å²) in [6.45, 7) is 3.44. The van der Waals surface area contributed by atoms with Crippen molar-refractivity contribution in [2.24, 2.45) is 23.3 Å². The van der Waals surface area contributed by atoms with Gasteiger partial charge in [0.05, 0.1) is 5.92 Å². The molecule has 32 heavy (non-hydrogen) atoms. The van der Waals surface area contributed by atoms with Gasteiger partial charge in [0.1, 0.15) is 12.1 Å². The number of aliphatic carboxylic acids is 1. The molecule has 0 aromatic carbocycles. The zero-order valence-corrected chi connectivity index (χ0v) is 19.0. The fourth-order valence-corrected chi connectivity index (χ4v) is 3.51. The number of carbonyl (C=O) groups is 5. The molecule has 0 heterocycles. The Morgan fingerprint density at radius 2 is 1.69 bits per heavy atom. The van der Waals surface area contributed by atoms with Crippen LogP contribution >= 0.6 is 0 Å². The second-order valence-electron chi connectivity index (χ2n) is 8.68. The molecule has 1 amide bonds. The third-order valence-electron chi connectivity index (χ3n) is 5.38. The Morgan fingerprint density at radius 3 is 2.19 bits per heavy atom. The Bertz CT molecular complexity index is 691. The lowest BCUT2D eigenvalue weighted by Gasteiger charge is -2.29. The highest BCUT2D eigenvalue weighted by atomic mass is 16.6. The van der Waals surface area contributed by atoms with Gasteiger partial charge in [0, 0.05) is 13.0 Å². The van der Waals surface area contributed by atoms with E-state index in [1.807, 2.05) is 13.8 Å². The van der Waals surface area contributed by atoms with Crippen molar-refractivity contribution in [3.05, 3.63) is 0 Å². The Labute approximate surface area is 187 Å². The molecule has 0 aromatic heterocycles. The SMILES string of the molecule is CC(C)C[C@H](C(=O)OC(=O)[C@@H](N)CCC(N)=O)N(C)CC(OC(=O)C1CCCC1)C(=O)O. The van der Waals surface area contributed by atoms with Gasteiger partial charge in [-0.1, -0.05) is 26.7 Å². The normalized spacial score (nSPS) is 17.1. The maximum Gasteiger partial charge on any atom is 0.346 e. The van der Waals surface area contributed by atoms with E-state index in [4.69, 9.17) is 20.9 Å². The number of primary amides is 1. The van der Waals surface area contributed by atoms with Gasteiger partial charge in [0.15, 0.2) is 0 Å². The number of hydrogen-bond donors (Lipinski definition) is 3. The number of carboxylic acid groups (broad SMARTS) is 1. The predicted molar refractivity (Wildman–Crippen MR) is 113 cm³/mol. The molecule has 0 bridgehead atoms. The van der Waals surface area contributed by atoms with Crippen LogP contribution in [0.1, 0.15) is 58.8 Å². The molecular weight excluding hydrogens is 422 g/mol. The van der Waals surface area contributed by atoms with Crippen molar-refractivity contribution in [1.82, 2.24) is 4.90 Å². The van der Waals surface area contributed by atoms with Gasteiger partial charge in [-0.05, 0) is 38.6 Å². The van der Waals surface area contributed by atoms with Crippen LogP contribution in [0.3, 0.4) is 0 Å². The highest BCUT2D eigenvalue weighted by Gasteiger charge is 2.35. The van der Waals surface area contributed by atoms with E-state index in [-0.39, 0.29) is 37.6 Å². The average molecular weight is 458 g/mol. The minimum Gasteiger partial charge on any atom is -0.478 e. The summed E-state index contributed by atoms with van der Waals surface area (Å²) >= 11 is 0. The number of nitrogens with zero attached hydrogens (tertiary/aromatic N) is 1. The maximum atomic E-state index is 12.7. The van der Waals surface area contributed by atoms with Gasteiger partial charge in [-0.3, -0.25) is 14.5 Å². The van der Waals surface area contributed by atoms with Crippen LogP contribution in [-0.2, 0) is 33.4 Å². The summed E-state index contributed by atoms with van der Waals surface area (Å²) in [7, 11) is 1.49. The summed E-state index contributed by atoms with van der Waals surface area (Å²) < 4.78 is 10.1. The van der Waals surface area contributed by atoms with Crippen LogP contribution < -0.4 is 11.5 Å². The summed E-state index contributed by atoms with van der Waals surface area (Å²) in [6.07, 6.45) is 1.73. The van der Waals surface area contributed by atoms with Crippen LogP contribution in [0.25, 0.3) is 0 Å². The molecule has 0 aliphatic heterocycles. The number of esters is 3. The number of hydrogen-bond acceptors (Lipinski definition) is 9.